The molecule has 0 saturated heterocycles. The Morgan fingerprint density at radius 1 is 0.722 bits per heavy atom. The smallest absolute Gasteiger partial charge is 0.186 e. The number of carbonyl (C=O) groups is 2. The molecule has 8 nitrogen and oxygen atoms in total. The van der Waals surface area contributed by atoms with Crippen molar-refractivity contribution in [2.45, 2.75) is 65.5 Å². The summed E-state index contributed by atoms with van der Waals surface area (Å²) in [5.74, 6) is 0.787. The monoisotopic (exact) mass is 500 g/mol. The van der Waals surface area contributed by atoms with E-state index in [1.165, 1.54) is 0 Å². The van der Waals surface area contributed by atoms with Crippen molar-refractivity contribution in [2.24, 2.45) is 0 Å². The lowest BCUT2D eigenvalue weighted by atomic mass is 10.1. The van der Waals surface area contributed by atoms with Crippen molar-refractivity contribution in [1.29, 1.82) is 0 Å². The fourth-order valence-electron chi connectivity index (χ4n) is 4.39. The Morgan fingerprint density at radius 3 is 1.44 bits per heavy atom. The minimum absolute atomic E-state index is 0.172. The Kier molecular flexibility index (Phi) is 11.5. The summed E-state index contributed by atoms with van der Waals surface area (Å²) < 4.78 is 1.03. The fourth-order valence-corrected chi connectivity index (χ4v) is 4.39. The Morgan fingerprint density at radius 2 is 1.11 bits per heavy atom. The molecule has 0 aliphatic carbocycles. The maximum Gasteiger partial charge on any atom is 0.186 e. The molecule has 36 heavy (non-hydrogen) atoms. The highest BCUT2D eigenvalue weighted by molar-refractivity contribution is 5.80. The van der Waals surface area contributed by atoms with Crippen molar-refractivity contribution in [3.05, 3.63) is 48.0 Å². The van der Waals surface area contributed by atoms with Crippen LogP contribution in [0.2, 0.25) is 0 Å². The Labute approximate surface area is 215 Å². The summed E-state index contributed by atoms with van der Waals surface area (Å²) in [5.41, 5.74) is 1.24. The van der Waals surface area contributed by atoms with Gasteiger partial charge in [-0.1, -0.05) is 12.8 Å². The van der Waals surface area contributed by atoms with Crippen molar-refractivity contribution in [1.82, 2.24) is 9.97 Å². The van der Waals surface area contributed by atoms with Crippen LogP contribution in [0.4, 0.5) is 0 Å². The van der Waals surface area contributed by atoms with E-state index in [9.17, 15) is 19.8 Å². The lowest BCUT2D eigenvalue weighted by molar-refractivity contribution is -0.913. The Bertz CT molecular complexity index is 920. The zero-order valence-electron chi connectivity index (χ0n) is 22.4. The van der Waals surface area contributed by atoms with Crippen LogP contribution in [0.5, 0.6) is 11.5 Å². The average Bonchev–Trinajstić information content (AvgIpc) is 2.84. The van der Waals surface area contributed by atoms with E-state index < -0.39 is 0 Å². The summed E-state index contributed by atoms with van der Waals surface area (Å²) in [6, 6.07) is 6.65. The first-order chi connectivity index (χ1) is 17.1. The number of hydrogen-bond donors (Lipinski definition) is 2. The molecule has 0 spiro atoms. The third-order valence-corrected chi connectivity index (χ3v) is 7.10. The lowest BCUT2D eigenvalue weighted by Crippen LogP contribution is -2.47. The number of Topliss-reactive ketones (excluding diaryl/α,β-unsaturated/α-hetero) is 2. The van der Waals surface area contributed by atoms with Crippen LogP contribution in [0, 0.1) is 0 Å². The molecule has 0 saturated carbocycles. The van der Waals surface area contributed by atoms with Gasteiger partial charge in [0, 0.05) is 25.2 Å². The average molecular weight is 501 g/mol. The number of likely N-dealkylation sites (N-methyl/N-ethyl adjacent to an activating group) is 2. The quantitative estimate of drug-likeness (QED) is 0.252. The number of aromatic nitrogens is 2. The molecule has 198 valence electrons. The van der Waals surface area contributed by atoms with Gasteiger partial charge in [0.05, 0.1) is 27.2 Å². The van der Waals surface area contributed by atoms with Gasteiger partial charge in [0.2, 0.25) is 0 Å². The predicted octanol–water partition coefficient (Wildman–Crippen LogP) is 4.00. The highest BCUT2D eigenvalue weighted by atomic mass is 16.3. The standard InChI is InChI=1S/C28H42N4O4/c1-5-31(3,21-25-27(35)15-11-17-29-25)19-23(33)13-9-7-8-10-14-24(34)20-32(4,6-2)22-26-28(36)16-12-18-30-26/h11-12,15-18H,5-10,13-14,19-22H2,1-4H3/p+2. The summed E-state index contributed by atoms with van der Waals surface area (Å²) in [4.78, 5) is 33.8. The molecule has 2 atom stereocenters. The largest absolute Gasteiger partial charge is 0.506 e. The molecule has 0 fully saturated rings. The summed E-state index contributed by atoms with van der Waals surface area (Å²) >= 11 is 0. The second-order valence-corrected chi connectivity index (χ2v) is 10.4. The highest BCUT2D eigenvalue weighted by Crippen LogP contribution is 2.20. The normalized spacial score (nSPS) is 14.7. The van der Waals surface area contributed by atoms with E-state index in [0.717, 1.165) is 38.8 Å². The number of nitrogens with zero attached hydrogens (tertiary/aromatic N) is 4. The molecule has 2 aromatic heterocycles. The minimum Gasteiger partial charge on any atom is -0.506 e. The van der Waals surface area contributed by atoms with Crippen LogP contribution >= 0.6 is 0 Å². The van der Waals surface area contributed by atoms with Gasteiger partial charge in [0.1, 0.15) is 49.1 Å². The third kappa shape index (κ3) is 9.66. The molecule has 0 aliphatic rings. The van der Waals surface area contributed by atoms with Crippen molar-refractivity contribution >= 4 is 11.6 Å². The zero-order chi connectivity index (χ0) is 26.6. The molecule has 2 heterocycles. The van der Waals surface area contributed by atoms with E-state index >= 15 is 0 Å². The Balaban J connectivity index is 1.68. The van der Waals surface area contributed by atoms with Gasteiger partial charge in [0.25, 0.3) is 0 Å². The molecule has 8 heteroatoms. The number of aromatic hydroxyl groups is 2. The number of carbonyl (C=O) groups excluding carboxylic acids is 2. The number of pyridine rings is 2. The first-order valence-electron chi connectivity index (χ1n) is 13.1. The first-order valence-corrected chi connectivity index (χ1v) is 13.1. The number of hydrogen-bond acceptors (Lipinski definition) is 6. The van der Waals surface area contributed by atoms with Gasteiger partial charge >= 0.3 is 0 Å². The molecule has 0 bridgehead atoms. The van der Waals surface area contributed by atoms with Crippen molar-refractivity contribution in [2.75, 3.05) is 40.3 Å². The van der Waals surface area contributed by atoms with Crippen LogP contribution in [0.15, 0.2) is 36.7 Å². The van der Waals surface area contributed by atoms with Gasteiger partial charge in [-0.2, -0.15) is 0 Å². The van der Waals surface area contributed by atoms with Gasteiger partial charge < -0.3 is 19.2 Å². The second-order valence-electron chi connectivity index (χ2n) is 10.4. The molecule has 0 amide bonds. The lowest BCUT2D eigenvalue weighted by Gasteiger charge is -2.32. The van der Waals surface area contributed by atoms with Crippen LogP contribution in [-0.4, -0.2) is 81.0 Å². The molecular weight excluding hydrogens is 456 g/mol. The number of ketones is 2. The topological polar surface area (TPSA) is 100 Å². The summed E-state index contributed by atoms with van der Waals surface area (Å²) in [7, 11) is 4.05. The molecule has 2 N–H and O–H groups in total. The highest BCUT2D eigenvalue weighted by Gasteiger charge is 2.27. The van der Waals surface area contributed by atoms with Crippen molar-refractivity contribution < 1.29 is 28.8 Å². The van der Waals surface area contributed by atoms with Crippen LogP contribution in [0.1, 0.15) is 63.8 Å². The Hall–Kier alpha value is -2.84. The van der Waals surface area contributed by atoms with Crippen molar-refractivity contribution in [3.63, 3.8) is 0 Å². The molecule has 0 aromatic carbocycles. The first kappa shape index (κ1) is 29.4. The molecule has 2 unspecified atom stereocenters. The molecule has 0 aliphatic heterocycles. The zero-order valence-corrected chi connectivity index (χ0v) is 22.4. The van der Waals surface area contributed by atoms with E-state index in [1.54, 1.807) is 36.7 Å². The maximum absolute atomic E-state index is 12.6. The number of unbranched alkanes of at least 4 members (excludes halogenated alkanes) is 3. The van der Waals surface area contributed by atoms with E-state index in [2.05, 4.69) is 9.97 Å². The summed E-state index contributed by atoms with van der Waals surface area (Å²) in [5, 5.41) is 20.0. The van der Waals surface area contributed by atoms with Crippen LogP contribution in [0.25, 0.3) is 0 Å². The van der Waals surface area contributed by atoms with Gasteiger partial charge in [-0.25, -0.2) is 0 Å². The fraction of sp³-hybridized carbons (Fsp3) is 0.571. The second kappa shape index (κ2) is 14.0. The molecular formula is C28H44N4O4+2. The van der Waals surface area contributed by atoms with Crippen LogP contribution in [-0.2, 0) is 22.7 Å². The third-order valence-electron chi connectivity index (χ3n) is 7.10. The van der Waals surface area contributed by atoms with Crippen LogP contribution < -0.4 is 0 Å². The van der Waals surface area contributed by atoms with Gasteiger partial charge in [-0.05, 0) is 51.0 Å². The minimum atomic E-state index is 0.172. The van der Waals surface area contributed by atoms with E-state index in [4.69, 9.17) is 0 Å². The van der Waals surface area contributed by atoms with E-state index in [0.29, 0.717) is 59.4 Å². The van der Waals surface area contributed by atoms with Gasteiger partial charge in [-0.3, -0.25) is 19.6 Å². The van der Waals surface area contributed by atoms with Gasteiger partial charge in [-0.15, -0.1) is 0 Å². The maximum atomic E-state index is 12.6. The number of rotatable bonds is 17. The van der Waals surface area contributed by atoms with E-state index in [1.807, 2.05) is 27.9 Å². The predicted molar refractivity (Wildman–Crippen MR) is 140 cm³/mol. The van der Waals surface area contributed by atoms with Gasteiger partial charge in [0.15, 0.2) is 11.6 Å². The SMILES string of the molecule is CC[N+](C)(CC(=O)CCCCCCC(=O)C[N+](C)(CC)Cc1ncccc1O)Cc1ncccc1O. The summed E-state index contributed by atoms with van der Waals surface area (Å²) in [6.07, 6.45) is 7.90. The van der Waals surface area contributed by atoms with Crippen LogP contribution in [0.3, 0.4) is 0 Å². The van der Waals surface area contributed by atoms with Crippen molar-refractivity contribution in [3.8, 4) is 11.5 Å². The molecule has 2 aromatic rings. The van der Waals surface area contributed by atoms with E-state index in [-0.39, 0.29) is 23.1 Å². The number of quaternary nitrogens is 2. The molecule has 0 radical (unpaired) electrons. The summed E-state index contributed by atoms with van der Waals surface area (Å²) in [6.45, 7) is 7.53. The molecule has 2 rings (SSSR count).